The number of hydrogen-bond donors (Lipinski definition) is 0. The van der Waals surface area contributed by atoms with E-state index in [4.69, 9.17) is 16.3 Å². The first-order valence-electron chi connectivity index (χ1n) is 9.51. The van der Waals surface area contributed by atoms with Crippen molar-refractivity contribution in [2.75, 3.05) is 19.0 Å². The van der Waals surface area contributed by atoms with Gasteiger partial charge in [0.15, 0.2) is 5.82 Å². The van der Waals surface area contributed by atoms with Gasteiger partial charge in [-0.25, -0.2) is 9.18 Å². The lowest BCUT2D eigenvalue weighted by molar-refractivity contribution is -0.140. The van der Waals surface area contributed by atoms with Crippen molar-refractivity contribution in [1.29, 1.82) is 0 Å². The Morgan fingerprint density at radius 3 is 2.45 bits per heavy atom. The van der Waals surface area contributed by atoms with Crippen LogP contribution in [0.1, 0.15) is 20.9 Å². The molecule has 1 aliphatic heterocycles. The van der Waals surface area contributed by atoms with Gasteiger partial charge < -0.3 is 9.64 Å². The smallest absolute Gasteiger partial charge is 0.419 e. The van der Waals surface area contributed by atoms with Crippen LogP contribution in [0.3, 0.4) is 0 Å². The molecule has 1 aromatic heterocycles. The summed E-state index contributed by atoms with van der Waals surface area (Å²) in [7, 11) is 3.18. The molecule has 0 spiro atoms. The Kier molecular flexibility index (Phi) is 6.20. The number of rotatable bonds is 4. The number of anilines is 1. The molecule has 3 aromatic rings. The summed E-state index contributed by atoms with van der Waals surface area (Å²) < 4.78 is 60.2. The number of fused-ring (bicyclic) bond motifs is 1. The SMILES string of the molecule is CN1C(=O)N(C)[C@@H](I)c2c1nc(Oc1ccc(F)c(C(F)(F)F)c1)n2Cc1ccc(Cl)cc1. The Hall–Kier alpha value is -2.54. The van der Waals surface area contributed by atoms with E-state index in [1.54, 1.807) is 42.9 Å². The number of nitrogens with zero attached hydrogens (tertiary/aromatic N) is 4. The lowest BCUT2D eigenvalue weighted by Gasteiger charge is -2.34. The van der Waals surface area contributed by atoms with Crippen molar-refractivity contribution in [2.45, 2.75) is 16.8 Å². The second-order valence-electron chi connectivity index (χ2n) is 7.35. The van der Waals surface area contributed by atoms with Crippen LogP contribution in [0.4, 0.5) is 28.2 Å². The molecule has 0 saturated carbocycles. The zero-order chi connectivity index (χ0) is 24.1. The molecular formula is C21H16ClF4IN4O2. The Morgan fingerprint density at radius 1 is 1.15 bits per heavy atom. The fraction of sp³-hybridized carbons (Fsp3) is 0.238. The van der Waals surface area contributed by atoms with Gasteiger partial charge in [0.2, 0.25) is 0 Å². The number of ether oxygens (including phenoxy) is 1. The highest BCUT2D eigenvalue weighted by atomic mass is 127. The van der Waals surface area contributed by atoms with Crippen LogP contribution < -0.4 is 9.64 Å². The molecule has 0 fully saturated rings. The van der Waals surface area contributed by atoms with Gasteiger partial charge in [0, 0.05) is 19.1 Å². The number of urea groups is 1. The van der Waals surface area contributed by atoms with Gasteiger partial charge in [0.05, 0.1) is 17.8 Å². The van der Waals surface area contributed by atoms with Crippen LogP contribution in [-0.4, -0.2) is 34.6 Å². The minimum absolute atomic E-state index is 0.0358. The molecule has 2 aromatic carbocycles. The van der Waals surface area contributed by atoms with Gasteiger partial charge >= 0.3 is 18.2 Å². The quantitative estimate of drug-likeness (QED) is 0.151. The average Bonchev–Trinajstić information content (AvgIpc) is 3.11. The normalized spacial score (nSPS) is 16.2. The van der Waals surface area contributed by atoms with E-state index in [1.165, 1.54) is 9.80 Å². The molecular weight excluding hydrogens is 579 g/mol. The molecule has 1 aliphatic rings. The Balaban J connectivity index is 1.82. The molecule has 0 N–H and O–H groups in total. The first-order chi connectivity index (χ1) is 15.5. The predicted octanol–water partition coefficient (Wildman–Crippen LogP) is 6.47. The van der Waals surface area contributed by atoms with Crippen molar-refractivity contribution in [2.24, 2.45) is 0 Å². The fourth-order valence-electron chi connectivity index (χ4n) is 3.42. The van der Waals surface area contributed by atoms with E-state index in [2.05, 4.69) is 27.6 Å². The second-order valence-corrected chi connectivity index (χ2v) is 8.96. The first kappa shape index (κ1) is 23.6. The number of hydrogen-bond acceptors (Lipinski definition) is 3. The van der Waals surface area contributed by atoms with Crippen molar-refractivity contribution in [3.8, 4) is 11.8 Å². The number of amides is 2. The molecule has 0 unspecified atom stereocenters. The number of aromatic nitrogens is 2. The topological polar surface area (TPSA) is 50.6 Å². The molecule has 6 nitrogen and oxygen atoms in total. The zero-order valence-electron chi connectivity index (χ0n) is 17.2. The first-order valence-corrected chi connectivity index (χ1v) is 11.1. The molecule has 0 aliphatic carbocycles. The third kappa shape index (κ3) is 4.47. The number of imidazole rings is 1. The predicted molar refractivity (Wildman–Crippen MR) is 123 cm³/mol. The van der Waals surface area contributed by atoms with E-state index in [-0.39, 0.29) is 24.3 Å². The van der Waals surface area contributed by atoms with E-state index in [0.717, 1.165) is 11.6 Å². The summed E-state index contributed by atoms with van der Waals surface area (Å²) in [5.41, 5.74) is 0.00742. The summed E-state index contributed by atoms with van der Waals surface area (Å²) in [6.07, 6.45) is -4.88. The number of halogens is 6. The van der Waals surface area contributed by atoms with Crippen LogP contribution >= 0.6 is 34.2 Å². The highest BCUT2D eigenvalue weighted by molar-refractivity contribution is 14.1. The molecule has 1 atom stereocenters. The summed E-state index contributed by atoms with van der Waals surface area (Å²) in [6, 6.07) is 9.03. The third-order valence-corrected chi connectivity index (χ3v) is 6.81. The monoisotopic (exact) mass is 594 g/mol. The minimum atomic E-state index is -4.88. The molecule has 174 valence electrons. The van der Waals surface area contributed by atoms with Crippen molar-refractivity contribution < 1.29 is 27.1 Å². The molecule has 12 heteroatoms. The number of carbonyl (C=O) groups excluding carboxylic acids is 1. The van der Waals surface area contributed by atoms with Crippen LogP contribution in [0.2, 0.25) is 5.02 Å². The van der Waals surface area contributed by atoms with Crippen LogP contribution in [-0.2, 0) is 12.7 Å². The van der Waals surface area contributed by atoms with Gasteiger partial charge in [-0.2, -0.15) is 18.2 Å². The number of alkyl halides is 4. The molecule has 0 radical (unpaired) electrons. The molecule has 2 heterocycles. The Labute approximate surface area is 204 Å². The third-order valence-electron chi connectivity index (χ3n) is 5.13. The van der Waals surface area contributed by atoms with Gasteiger partial charge in [-0.05, 0) is 35.9 Å². The maximum absolute atomic E-state index is 13.7. The second kappa shape index (κ2) is 8.67. The zero-order valence-corrected chi connectivity index (χ0v) is 20.1. The van der Waals surface area contributed by atoms with Crippen LogP contribution in [0.25, 0.3) is 0 Å². The van der Waals surface area contributed by atoms with Crippen LogP contribution in [0, 0.1) is 5.82 Å². The van der Waals surface area contributed by atoms with Crippen molar-refractivity contribution in [3.05, 3.63) is 70.1 Å². The van der Waals surface area contributed by atoms with Gasteiger partial charge in [-0.1, -0.05) is 46.3 Å². The summed E-state index contributed by atoms with van der Waals surface area (Å²) in [6.45, 7) is 0.248. The lowest BCUT2D eigenvalue weighted by atomic mass is 10.2. The van der Waals surface area contributed by atoms with Gasteiger partial charge in [0.1, 0.15) is 15.6 Å². The molecule has 0 bridgehead atoms. The van der Waals surface area contributed by atoms with E-state index in [9.17, 15) is 22.4 Å². The van der Waals surface area contributed by atoms with E-state index < -0.39 is 21.6 Å². The minimum Gasteiger partial charge on any atom is -0.425 e. The number of benzene rings is 2. The van der Waals surface area contributed by atoms with Crippen molar-refractivity contribution >= 4 is 46.0 Å². The molecule has 0 saturated heterocycles. The van der Waals surface area contributed by atoms with E-state index >= 15 is 0 Å². The Morgan fingerprint density at radius 2 is 1.82 bits per heavy atom. The maximum atomic E-state index is 13.7. The lowest BCUT2D eigenvalue weighted by Crippen LogP contribution is -2.44. The highest BCUT2D eigenvalue weighted by Gasteiger charge is 2.39. The number of carbonyl (C=O) groups is 1. The van der Waals surface area contributed by atoms with Crippen LogP contribution in [0.15, 0.2) is 42.5 Å². The summed E-state index contributed by atoms with van der Waals surface area (Å²) in [5, 5.41) is 0.547. The molecule has 33 heavy (non-hydrogen) atoms. The Bertz CT molecular complexity index is 1220. The average molecular weight is 595 g/mol. The van der Waals surface area contributed by atoms with Crippen molar-refractivity contribution in [3.63, 3.8) is 0 Å². The van der Waals surface area contributed by atoms with Crippen LogP contribution in [0.5, 0.6) is 11.8 Å². The molecule has 2 amide bonds. The van der Waals surface area contributed by atoms with E-state index in [0.29, 0.717) is 28.7 Å². The van der Waals surface area contributed by atoms with Crippen molar-refractivity contribution in [1.82, 2.24) is 14.5 Å². The fourth-order valence-corrected chi connectivity index (χ4v) is 4.39. The summed E-state index contributed by atoms with van der Waals surface area (Å²) >= 11 is 8.05. The van der Waals surface area contributed by atoms with Gasteiger partial charge in [0.25, 0.3) is 0 Å². The van der Waals surface area contributed by atoms with Gasteiger partial charge in [-0.3, -0.25) is 9.47 Å². The largest absolute Gasteiger partial charge is 0.425 e. The standard InChI is InChI=1S/C21H16ClF4IN4O2/c1-29-17(27)16-18(30(2)20(29)32)28-19(31(16)10-11-3-5-12(22)6-4-11)33-13-7-8-15(23)14(9-13)21(24,25)26/h3-9,17H,10H2,1-2H3/t17-/m1/s1. The van der Waals surface area contributed by atoms with E-state index in [1.807, 2.05) is 0 Å². The maximum Gasteiger partial charge on any atom is 0.419 e. The summed E-state index contributed by atoms with van der Waals surface area (Å²) in [4.78, 5) is 19.8. The van der Waals surface area contributed by atoms with Gasteiger partial charge in [-0.15, -0.1) is 0 Å². The highest BCUT2D eigenvalue weighted by Crippen LogP contribution is 2.43. The summed E-state index contributed by atoms with van der Waals surface area (Å²) in [5.74, 6) is -1.33. The molecule has 4 rings (SSSR count).